The van der Waals surface area contributed by atoms with Crippen molar-refractivity contribution in [1.29, 1.82) is 0 Å². The topological polar surface area (TPSA) is 35.6 Å². The first kappa shape index (κ1) is 14.4. The van der Waals surface area contributed by atoms with Crippen LogP contribution in [-0.2, 0) is 11.3 Å². The molecule has 1 N–H and O–H groups in total. The number of amides is 1. The summed E-state index contributed by atoms with van der Waals surface area (Å²) in [7, 11) is 6.96. The second-order valence-electron chi connectivity index (χ2n) is 4.41. The lowest BCUT2D eigenvalue weighted by atomic mass is 10.1. The number of benzene rings is 1. The van der Waals surface area contributed by atoms with Gasteiger partial charge in [0.1, 0.15) is 5.82 Å². The lowest BCUT2D eigenvalue weighted by Gasteiger charge is -2.23. The number of halogens is 1. The number of rotatable bonds is 5. The quantitative estimate of drug-likeness (QED) is 0.852. The Morgan fingerprint density at radius 1 is 1.33 bits per heavy atom. The van der Waals surface area contributed by atoms with Crippen molar-refractivity contribution in [2.24, 2.45) is 0 Å². The average molecular weight is 253 g/mol. The minimum atomic E-state index is -0.258. The summed E-state index contributed by atoms with van der Waals surface area (Å²) in [5, 5.41) is 2.93. The van der Waals surface area contributed by atoms with Crippen LogP contribution in [0.3, 0.4) is 0 Å². The third-order valence-corrected chi connectivity index (χ3v) is 2.73. The maximum absolute atomic E-state index is 13.7. The van der Waals surface area contributed by atoms with Gasteiger partial charge in [0.05, 0.1) is 6.54 Å². The largest absolute Gasteiger partial charge is 0.365 e. The molecule has 0 aliphatic heterocycles. The van der Waals surface area contributed by atoms with Crippen molar-refractivity contribution >= 4 is 11.6 Å². The Kier molecular flexibility index (Phi) is 5.09. The Hall–Kier alpha value is -1.62. The summed E-state index contributed by atoms with van der Waals surface area (Å²) in [6, 6.07) is 4.90. The summed E-state index contributed by atoms with van der Waals surface area (Å²) in [5.74, 6) is -0.275. The Labute approximate surface area is 107 Å². The van der Waals surface area contributed by atoms with Crippen LogP contribution in [0.1, 0.15) is 5.56 Å². The predicted octanol–water partition coefficient (Wildman–Crippen LogP) is 1.07. The maximum Gasteiger partial charge on any atom is 0.241 e. The molecule has 0 aliphatic carbocycles. The fourth-order valence-corrected chi connectivity index (χ4v) is 1.69. The highest BCUT2D eigenvalue weighted by atomic mass is 19.1. The molecule has 1 aromatic rings. The summed E-state index contributed by atoms with van der Waals surface area (Å²) in [6.45, 7) is 0.662. The number of likely N-dealkylation sites (N-methyl/N-ethyl adjacent to an activating group) is 2. The number of hydrogen-bond acceptors (Lipinski definition) is 3. The molecule has 0 aromatic heterocycles. The first-order valence-electron chi connectivity index (χ1n) is 5.80. The molecule has 5 heteroatoms. The minimum Gasteiger partial charge on any atom is -0.365 e. The van der Waals surface area contributed by atoms with Gasteiger partial charge >= 0.3 is 0 Å². The van der Waals surface area contributed by atoms with E-state index >= 15 is 0 Å². The molecular weight excluding hydrogens is 233 g/mol. The zero-order valence-corrected chi connectivity index (χ0v) is 11.3. The molecule has 100 valence electrons. The van der Waals surface area contributed by atoms with E-state index in [1.165, 1.54) is 11.0 Å². The summed E-state index contributed by atoms with van der Waals surface area (Å²) < 4.78 is 13.7. The molecule has 0 saturated heterocycles. The van der Waals surface area contributed by atoms with Crippen LogP contribution in [0, 0.1) is 5.82 Å². The highest BCUT2D eigenvalue weighted by Gasteiger charge is 2.14. The number of nitrogens with one attached hydrogen (secondary N) is 1. The Morgan fingerprint density at radius 2 is 2.00 bits per heavy atom. The van der Waals surface area contributed by atoms with Gasteiger partial charge in [0.15, 0.2) is 0 Å². The Bertz CT molecular complexity index is 421. The van der Waals surface area contributed by atoms with E-state index in [1.807, 2.05) is 6.07 Å². The monoisotopic (exact) mass is 253 g/mol. The van der Waals surface area contributed by atoms with Crippen LogP contribution in [0.15, 0.2) is 18.2 Å². The van der Waals surface area contributed by atoms with Gasteiger partial charge in [-0.05, 0) is 19.2 Å². The number of anilines is 1. The van der Waals surface area contributed by atoms with E-state index in [0.717, 1.165) is 5.69 Å². The van der Waals surface area contributed by atoms with Crippen LogP contribution in [0.2, 0.25) is 0 Å². The molecule has 4 nitrogen and oxygen atoms in total. The van der Waals surface area contributed by atoms with Gasteiger partial charge in [-0.1, -0.05) is 6.07 Å². The molecule has 1 amide bonds. The SMILES string of the molecule is CNCc1c(F)cccc1N(C)CC(=O)N(C)C. The number of hydrogen-bond donors (Lipinski definition) is 1. The first-order chi connectivity index (χ1) is 8.47. The molecule has 18 heavy (non-hydrogen) atoms. The van der Waals surface area contributed by atoms with Crippen LogP contribution in [0.5, 0.6) is 0 Å². The van der Waals surface area contributed by atoms with Gasteiger partial charge in [0, 0.05) is 38.9 Å². The van der Waals surface area contributed by atoms with Crippen molar-refractivity contribution in [3.8, 4) is 0 Å². The summed E-state index contributed by atoms with van der Waals surface area (Å²) in [5.41, 5.74) is 1.31. The van der Waals surface area contributed by atoms with E-state index in [-0.39, 0.29) is 18.3 Å². The molecule has 0 heterocycles. The summed E-state index contributed by atoms with van der Waals surface area (Å²) in [4.78, 5) is 14.9. The van der Waals surface area contributed by atoms with E-state index in [1.54, 1.807) is 39.2 Å². The van der Waals surface area contributed by atoms with Gasteiger partial charge < -0.3 is 15.1 Å². The third-order valence-electron chi connectivity index (χ3n) is 2.73. The molecule has 0 bridgehead atoms. The molecule has 0 saturated carbocycles. The van der Waals surface area contributed by atoms with Gasteiger partial charge in [-0.25, -0.2) is 4.39 Å². The molecule has 0 spiro atoms. The van der Waals surface area contributed by atoms with Gasteiger partial charge in [-0.2, -0.15) is 0 Å². The van der Waals surface area contributed by atoms with Gasteiger partial charge in [0.2, 0.25) is 5.91 Å². The smallest absolute Gasteiger partial charge is 0.241 e. The van der Waals surface area contributed by atoms with Gasteiger partial charge in [-0.15, -0.1) is 0 Å². The van der Waals surface area contributed by atoms with E-state index in [9.17, 15) is 9.18 Å². The van der Waals surface area contributed by atoms with Crippen molar-refractivity contribution in [2.45, 2.75) is 6.54 Å². The second-order valence-corrected chi connectivity index (χ2v) is 4.41. The minimum absolute atomic E-state index is 0.0165. The number of carbonyl (C=O) groups excluding carboxylic acids is 1. The van der Waals surface area contributed by atoms with Crippen LogP contribution in [-0.4, -0.2) is 45.5 Å². The van der Waals surface area contributed by atoms with Crippen LogP contribution < -0.4 is 10.2 Å². The number of carbonyl (C=O) groups is 1. The highest BCUT2D eigenvalue weighted by molar-refractivity contribution is 5.81. The van der Waals surface area contributed by atoms with Crippen LogP contribution >= 0.6 is 0 Å². The van der Waals surface area contributed by atoms with Gasteiger partial charge in [0.25, 0.3) is 0 Å². The third kappa shape index (κ3) is 3.43. The molecule has 1 rings (SSSR count). The fraction of sp³-hybridized carbons (Fsp3) is 0.462. The molecular formula is C13H20FN3O. The van der Waals surface area contributed by atoms with Crippen LogP contribution in [0.4, 0.5) is 10.1 Å². The molecule has 0 aliphatic rings. The standard InChI is InChI=1S/C13H20FN3O/c1-15-8-10-11(14)6-5-7-12(10)17(4)9-13(18)16(2)3/h5-7,15H,8-9H2,1-4H3. The van der Waals surface area contributed by atoms with Crippen molar-refractivity contribution < 1.29 is 9.18 Å². The zero-order valence-electron chi connectivity index (χ0n) is 11.3. The predicted molar refractivity (Wildman–Crippen MR) is 71.1 cm³/mol. The first-order valence-corrected chi connectivity index (χ1v) is 5.80. The Balaban J connectivity index is 2.94. The molecule has 0 unspecified atom stereocenters. The zero-order chi connectivity index (χ0) is 13.7. The van der Waals surface area contributed by atoms with E-state index < -0.39 is 0 Å². The average Bonchev–Trinajstić information content (AvgIpc) is 2.31. The maximum atomic E-state index is 13.7. The van der Waals surface area contributed by atoms with E-state index in [2.05, 4.69) is 5.32 Å². The van der Waals surface area contributed by atoms with E-state index in [4.69, 9.17) is 0 Å². The van der Waals surface area contributed by atoms with Crippen molar-refractivity contribution in [2.75, 3.05) is 39.6 Å². The molecule has 0 atom stereocenters. The van der Waals surface area contributed by atoms with Crippen molar-refractivity contribution in [3.05, 3.63) is 29.6 Å². The Morgan fingerprint density at radius 3 is 2.56 bits per heavy atom. The van der Waals surface area contributed by atoms with Crippen molar-refractivity contribution in [1.82, 2.24) is 10.2 Å². The lowest BCUT2D eigenvalue weighted by Crippen LogP contribution is -2.35. The molecule has 0 fully saturated rings. The highest BCUT2D eigenvalue weighted by Crippen LogP contribution is 2.22. The van der Waals surface area contributed by atoms with Crippen molar-refractivity contribution in [3.63, 3.8) is 0 Å². The summed E-state index contributed by atoms with van der Waals surface area (Å²) in [6.07, 6.45) is 0. The van der Waals surface area contributed by atoms with E-state index in [0.29, 0.717) is 12.1 Å². The lowest BCUT2D eigenvalue weighted by molar-refractivity contribution is -0.127. The van der Waals surface area contributed by atoms with Crippen LogP contribution in [0.25, 0.3) is 0 Å². The van der Waals surface area contributed by atoms with Gasteiger partial charge in [-0.3, -0.25) is 4.79 Å². The second kappa shape index (κ2) is 6.35. The fourth-order valence-electron chi connectivity index (χ4n) is 1.69. The molecule has 0 radical (unpaired) electrons. The normalized spacial score (nSPS) is 10.3. The summed E-state index contributed by atoms with van der Waals surface area (Å²) >= 11 is 0. The number of nitrogens with zero attached hydrogens (tertiary/aromatic N) is 2. The molecule has 1 aromatic carbocycles.